The molecule has 1 atom stereocenters. The highest BCUT2D eigenvalue weighted by Crippen LogP contribution is 2.37. The summed E-state index contributed by atoms with van der Waals surface area (Å²) in [4.78, 5) is 5.53. The zero-order valence-electron chi connectivity index (χ0n) is 9.41. The number of nitrogens with zero attached hydrogens (tertiary/aromatic N) is 2. The molecule has 0 saturated carbocycles. The van der Waals surface area contributed by atoms with Crippen molar-refractivity contribution in [2.45, 2.75) is 29.7 Å². The van der Waals surface area contributed by atoms with Crippen LogP contribution in [0.2, 0.25) is 0 Å². The van der Waals surface area contributed by atoms with Crippen LogP contribution in [0.3, 0.4) is 0 Å². The molecule has 1 aliphatic heterocycles. The van der Waals surface area contributed by atoms with Crippen LogP contribution in [0.25, 0.3) is 0 Å². The number of aliphatic hydroxyl groups is 1. The molecule has 3 nitrogen and oxygen atoms in total. The topological polar surface area (TPSA) is 38.0 Å². The fraction of sp³-hybridized carbons (Fsp3) is 0.308. The lowest BCUT2D eigenvalue weighted by Crippen LogP contribution is -2.10. The van der Waals surface area contributed by atoms with Gasteiger partial charge in [0.15, 0.2) is 0 Å². The number of aliphatic hydroxyl groups excluding tert-OH is 1. The van der Waals surface area contributed by atoms with Gasteiger partial charge in [-0.3, -0.25) is 0 Å². The smallest absolute Gasteiger partial charge is 0.0950 e. The average molecular weight is 246 g/mol. The molecule has 17 heavy (non-hydrogen) atoms. The Balaban J connectivity index is 1.69. The summed E-state index contributed by atoms with van der Waals surface area (Å²) in [5, 5.41) is 9.55. The van der Waals surface area contributed by atoms with Gasteiger partial charge in [-0.05, 0) is 18.1 Å². The van der Waals surface area contributed by atoms with Crippen LogP contribution >= 0.6 is 11.8 Å². The summed E-state index contributed by atoms with van der Waals surface area (Å²) in [6.45, 7) is 0.970. The van der Waals surface area contributed by atoms with Gasteiger partial charge in [-0.25, -0.2) is 4.98 Å². The molecule has 3 rings (SSSR count). The van der Waals surface area contributed by atoms with Gasteiger partial charge in [0, 0.05) is 22.9 Å². The molecule has 0 saturated heterocycles. The lowest BCUT2D eigenvalue weighted by Gasteiger charge is -2.08. The maximum Gasteiger partial charge on any atom is 0.0950 e. The first kappa shape index (κ1) is 10.9. The van der Waals surface area contributed by atoms with E-state index in [1.165, 1.54) is 10.5 Å². The Kier molecular flexibility index (Phi) is 2.91. The fourth-order valence-electron chi connectivity index (χ4n) is 2.18. The van der Waals surface area contributed by atoms with Gasteiger partial charge in [0.1, 0.15) is 0 Å². The van der Waals surface area contributed by atoms with Crippen LogP contribution in [-0.2, 0) is 19.6 Å². The number of hydrogen-bond acceptors (Lipinski definition) is 3. The number of hydrogen-bond donors (Lipinski definition) is 1. The fourth-order valence-corrected chi connectivity index (χ4v) is 3.51. The molecule has 0 fully saturated rings. The van der Waals surface area contributed by atoms with Crippen molar-refractivity contribution in [3.8, 4) is 0 Å². The quantitative estimate of drug-likeness (QED) is 0.901. The standard InChI is InChI=1S/C13H14N2OS/c16-8-11-6-15(9-14-11)7-12-5-10-3-1-2-4-13(10)17-12/h1-4,6,9,12,16H,5,7-8H2. The van der Waals surface area contributed by atoms with E-state index < -0.39 is 0 Å². The molecule has 2 heterocycles. The Morgan fingerprint density at radius 3 is 3.06 bits per heavy atom. The molecule has 0 aliphatic carbocycles. The van der Waals surface area contributed by atoms with Crippen LogP contribution in [0.4, 0.5) is 0 Å². The zero-order chi connectivity index (χ0) is 11.7. The summed E-state index contributed by atoms with van der Waals surface area (Å²) < 4.78 is 2.06. The molecule has 4 heteroatoms. The number of benzene rings is 1. The van der Waals surface area contributed by atoms with Crippen LogP contribution in [0.15, 0.2) is 41.7 Å². The van der Waals surface area contributed by atoms with Crippen molar-refractivity contribution >= 4 is 11.8 Å². The van der Waals surface area contributed by atoms with Crippen LogP contribution in [0, 0.1) is 0 Å². The predicted molar refractivity (Wildman–Crippen MR) is 67.9 cm³/mol. The second-order valence-electron chi connectivity index (χ2n) is 4.27. The number of fused-ring (bicyclic) bond motifs is 1. The van der Waals surface area contributed by atoms with Gasteiger partial charge in [0.2, 0.25) is 0 Å². The van der Waals surface area contributed by atoms with Crippen molar-refractivity contribution in [2.75, 3.05) is 0 Å². The normalized spacial score (nSPS) is 18.3. The number of thioether (sulfide) groups is 1. The number of imidazole rings is 1. The average Bonchev–Trinajstić information content (AvgIpc) is 2.94. The molecule has 0 radical (unpaired) electrons. The van der Waals surface area contributed by atoms with Crippen molar-refractivity contribution in [1.29, 1.82) is 0 Å². The SMILES string of the molecule is OCc1cn(CC2Cc3ccccc3S2)cn1. The maximum absolute atomic E-state index is 8.97. The highest BCUT2D eigenvalue weighted by atomic mass is 32.2. The van der Waals surface area contributed by atoms with Crippen molar-refractivity contribution in [3.63, 3.8) is 0 Å². The summed E-state index contributed by atoms with van der Waals surface area (Å²) in [5.41, 5.74) is 2.19. The van der Waals surface area contributed by atoms with Gasteiger partial charge in [-0.1, -0.05) is 18.2 Å². The minimum absolute atomic E-state index is 0.0189. The van der Waals surface area contributed by atoms with E-state index in [0.717, 1.165) is 18.7 Å². The van der Waals surface area contributed by atoms with Crippen molar-refractivity contribution < 1.29 is 5.11 Å². The monoisotopic (exact) mass is 246 g/mol. The van der Waals surface area contributed by atoms with Gasteiger partial charge in [-0.2, -0.15) is 0 Å². The van der Waals surface area contributed by atoms with Gasteiger partial charge >= 0.3 is 0 Å². The van der Waals surface area contributed by atoms with Crippen LogP contribution in [0.1, 0.15) is 11.3 Å². The second-order valence-corrected chi connectivity index (χ2v) is 5.61. The van der Waals surface area contributed by atoms with E-state index in [-0.39, 0.29) is 6.61 Å². The molecule has 1 aromatic heterocycles. The Hall–Kier alpha value is -1.26. The minimum Gasteiger partial charge on any atom is -0.390 e. The van der Waals surface area contributed by atoms with E-state index in [1.54, 1.807) is 6.33 Å². The first-order chi connectivity index (χ1) is 8.35. The van der Waals surface area contributed by atoms with E-state index in [1.807, 2.05) is 18.0 Å². The molecule has 2 aromatic rings. The second kappa shape index (κ2) is 4.55. The first-order valence-corrected chi connectivity index (χ1v) is 6.59. The molecule has 0 bridgehead atoms. The molecule has 1 unspecified atom stereocenters. The molecule has 88 valence electrons. The molecule has 1 aliphatic rings. The molecule has 1 aromatic carbocycles. The van der Waals surface area contributed by atoms with E-state index in [9.17, 15) is 0 Å². The summed E-state index contributed by atoms with van der Waals surface area (Å²) >= 11 is 1.94. The van der Waals surface area contributed by atoms with Crippen LogP contribution < -0.4 is 0 Å². The van der Waals surface area contributed by atoms with Crippen molar-refractivity contribution in [3.05, 3.63) is 48.0 Å². The third-order valence-corrected chi connectivity index (χ3v) is 4.28. The summed E-state index contributed by atoms with van der Waals surface area (Å²) in [6.07, 6.45) is 4.84. The van der Waals surface area contributed by atoms with Crippen molar-refractivity contribution in [1.82, 2.24) is 9.55 Å². The van der Waals surface area contributed by atoms with E-state index in [0.29, 0.717) is 5.25 Å². The largest absolute Gasteiger partial charge is 0.390 e. The Morgan fingerprint density at radius 1 is 1.41 bits per heavy atom. The van der Waals surface area contributed by atoms with Gasteiger partial charge in [0.05, 0.1) is 18.6 Å². The Morgan fingerprint density at radius 2 is 2.29 bits per heavy atom. The number of aromatic nitrogens is 2. The summed E-state index contributed by atoms with van der Waals surface area (Å²) in [5.74, 6) is 0. The van der Waals surface area contributed by atoms with Crippen LogP contribution in [0.5, 0.6) is 0 Å². The van der Waals surface area contributed by atoms with Crippen molar-refractivity contribution in [2.24, 2.45) is 0 Å². The van der Waals surface area contributed by atoms with E-state index in [2.05, 4.69) is 33.8 Å². The lowest BCUT2D eigenvalue weighted by molar-refractivity contribution is 0.277. The third-order valence-electron chi connectivity index (χ3n) is 2.98. The predicted octanol–water partition coefficient (Wildman–Crippen LogP) is 2.09. The van der Waals surface area contributed by atoms with Gasteiger partial charge in [0.25, 0.3) is 0 Å². The summed E-state index contributed by atoms with van der Waals surface area (Å²) in [6, 6.07) is 8.58. The Labute approximate surface area is 104 Å². The molecular formula is C13H14N2OS. The highest BCUT2D eigenvalue weighted by molar-refractivity contribution is 8.00. The third kappa shape index (κ3) is 2.23. The maximum atomic E-state index is 8.97. The number of rotatable bonds is 3. The minimum atomic E-state index is 0.0189. The molecule has 0 spiro atoms. The lowest BCUT2D eigenvalue weighted by atomic mass is 10.1. The van der Waals surface area contributed by atoms with E-state index in [4.69, 9.17) is 5.11 Å². The molecule has 0 amide bonds. The first-order valence-electron chi connectivity index (χ1n) is 5.71. The van der Waals surface area contributed by atoms with E-state index >= 15 is 0 Å². The molecule has 1 N–H and O–H groups in total. The van der Waals surface area contributed by atoms with Crippen LogP contribution in [-0.4, -0.2) is 19.9 Å². The Bertz CT molecular complexity index is 499. The zero-order valence-corrected chi connectivity index (χ0v) is 10.2. The highest BCUT2D eigenvalue weighted by Gasteiger charge is 2.21. The van der Waals surface area contributed by atoms with Gasteiger partial charge in [-0.15, -0.1) is 11.8 Å². The summed E-state index contributed by atoms with van der Waals surface area (Å²) in [7, 11) is 0. The van der Waals surface area contributed by atoms with Gasteiger partial charge < -0.3 is 9.67 Å². The molecular weight excluding hydrogens is 232 g/mol.